The van der Waals surface area contributed by atoms with Crippen LogP contribution in [0.4, 0.5) is 0 Å². The van der Waals surface area contributed by atoms with Crippen LogP contribution in [0.25, 0.3) is 0 Å². The van der Waals surface area contributed by atoms with Crippen LogP contribution in [-0.4, -0.2) is 36.0 Å². The molecule has 2 aliphatic heterocycles. The molecule has 2 heterocycles. The highest BCUT2D eigenvalue weighted by Crippen LogP contribution is 2.38. The van der Waals surface area contributed by atoms with Gasteiger partial charge in [0.15, 0.2) is 5.66 Å². The maximum atomic E-state index is 11.8. The van der Waals surface area contributed by atoms with Crippen LogP contribution in [0, 0.1) is 12.3 Å². The molecule has 2 aliphatic rings. The van der Waals surface area contributed by atoms with E-state index < -0.39 is 17.9 Å². The fourth-order valence-electron chi connectivity index (χ4n) is 2.54. The zero-order chi connectivity index (χ0) is 16.7. The minimum Gasteiger partial charge on any atom is -0.464 e. The molecule has 2 rings (SSSR count). The summed E-state index contributed by atoms with van der Waals surface area (Å²) in [7, 11) is 0. The summed E-state index contributed by atoms with van der Waals surface area (Å²) >= 11 is 0. The number of rotatable bonds is 10. The Kier molecular flexibility index (Phi) is 5.85. The molecular weight excluding hydrogens is 298 g/mol. The molecule has 1 fully saturated rings. The van der Waals surface area contributed by atoms with Crippen LogP contribution < -0.4 is 5.32 Å². The number of hydrogen-bond acceptors (Lipinski definition) is 6. The Hall–Kier alpha value is -2.23. The molecule has 0 aromatic carbocycles. The molecule has 0 spiro atoms. The maximum absolute atomic E-state index is 11.8. The van der Waals surface area contributed by atoms with E-state index in [2.05, 4.69) is 21.5 Å². The molecule has 0 aliphatic carbocycles. The lowest BCUT2D eigenvalue weighted by molar-refractivity contribution is -0.142. The van der Waals surface area contributed by atoms with Gasteiger partial charge in [-0.1, -0.05) is 0 Å². The first-order valence-corrected chi connectivity index (χ1v) is 7.90. The first-order chi connectivity index (χ1) is 11.0. The van der Waals surface area contributed by atoms with Crippen LogP contribution in [0.1, 0.15) is 51.4 Å². The average Bonchev–Trinajstić information content (AvgIpc) is 3.18. The Balaban J connectivity index is 1.55. The third-order valence-electron chi connectivity index (χ3n) is 3.96. The summed E-state index contributed by atoms with van der Waals surface area (Å²) in [6.07, 6.45) is 9.56. The summed E-state index contributed by atoms with van der Waals surface area (Å²) in [6.45, 7) is 0.315. The summed E-state index contributed by atoms with van der Waals surface area (Å²) in [4.78, 5) is 34.7. The number of carbonyl (C=O) groups is 3. The topological polar surface area (TPSA) is 97.2 Å². The van der Waals surface area contributed by atoms with Crippen molar-refractivity contribution < 1.29 is 19.1 Å². The number of ketones is 1. The number of terminal acetylenes is 1. The number of nitrogens with zero attached hydrogens (tertiary/aromatic N) is 2. The number of amides is 1. The molecule has 0 aromatic heterocycles. The lowest BCUT2D eigenvalue weighted by Crippen LogP contribution is -2.38. The summed E-state index contributed by atoms with van der Waals surface area (Å²) in [6, 6.07) is -0.607. The van der Waals surface area contributed by atoms with Crippen LogP contribution in [-0.2, 0) is 19.1 Å². The normalized spacial score (nSPS) is 20.7. The van der Waals surface area contributed by atoms with E-state index in [-0.39, 0.29) is 17.9 Å². The van der Waals surface area contributed by atoms with Gasteiger partial charge in [-0.15, -0.1) is 12.3 Å². The Morgan fingerprint density at radius 1 is 1.35 bits per heavy atom. The Morgan fingerprint density at radius 2 is 2.13 bits per heavy atom. The number of cyclic esters (lactones) is 1. The zero-order valence-corrected chi connectivity index (χ0v) is 13.0. The van der Waals surface area contributed by atoms with Crippen molar-refractivity contribution in [1.82, 2.24) is 5.32 Å². The molecular formula is C16H21N3O4. The van der Waals surface area contributed by atoms with E-state index in [1.165, 1.54) is 0 Å². The lowest BCUT2D eigenvalue weighted by atomic mass is 9.99. The molecule has 7 nitrogen and oxygen atoms in total. The Labute approximate surface area is 135 Å². The molecule has 1 atom stereocenters. The quantitative estimate of drug-likeness (QED) is 0.286. The molecule has 7 heteroatoms. The van der Waals surface area contributed by atoms with Gasteiger partial charge in [0.25, 0.3) is 0 Å². The van der Waals surface area contributed by atoms with E-state index in [0.29, 0.717) is 32.3 Å². The van der Waals surface area contributed by atoms with Crippen LogP contribution in [0.5, 0.6) is 0 Å². The number of esters is 1. The molecule has 1 amide bonds. The number of unbranched alkanes of at least 4 members (excludes halogenated alkanes) is 1. The van der Waals surface area contributed by atoms with E-state index in [1.807, 2.05) is 0 Å². The van der Waals surface area contributed by atoms with Crippen LogP contribution in [0.15, 0.2) is 10.2 Å². The molecule has 0 saturated carbocycles. The minimum absolute atomic E-state index is 0.129. The van der Waals surface area contributed by atoms with Crippen molar-refractivity contribution in [2.24, 2.45) is 10.2 Å². The SMILES string of the molecule is C#CCCC1(CCCCC(=O)CC(=O)N[C@H]2CCOC2=O)N=N1. The van der Waals surface area contributed by atoms with E-state index >= 15 is 0 Å². The van der Waals surface area contributed by atoms with Gasteiger partial charge in [-0.25, -0.2) is 4.79 Å². The first kappa shape index (κ1) is 17.1. The smallest absolute Gasteiger partial charge is 0.328 e. The number of carbonyl (C=O) groups excluding carboxylic acids is 3. The second-order valence-corrected chi connectivity index (χ2v) is 5.89. The highest BCUT2D eigenvalue weighted by molar-refractivity contribution is 5.99. The minimum atomic E-state index is -0.607. The van der Waals surface area contributed by atoms with Crippen molar-refractivity contribution in [3.05, 3.63) is 0 Å². The van der Waals surface area contributed by atoms with Crippen molar-refractivity contribution in [3.63, 3.8) is 0 Å². The van der Waals surface area contributed by atoms with Crippen LogP contribution >= 0.6 is 0 Å². The zero-order valence-electron chi connectivity index (χ0n) is 13.0. The predicted octanol–water partition coefficient (Wildman–Crippen LogP) is 1.51. The van der Waals surface area contributed by atoms with Crippen LogP contribution in [0.2, 0.25) is 0 Å². The van der Waals surface area contributed by atoms with E-state index in [4.69, 9.17) is 11.2 Å². The van der Waals surface area contributed by atoms with Gasteiger partial charge in [-0.3, -0.25) is 9.59 Å². The molecule has 0 radical (unpaired) electrons. The molecule has 1 N–H and O–H groups in total. The monoisotopic (exact) mass is 319 g/mol. The van der Waals surface area contributed by atoms with Gasteiger partial charge < -0.3 is 10.1 Å². The first-order valence-electron chi connectivity index (χ1n) is 7.90. The highest BCUT2D eigenvalue weighted by Gasteiger charge is 2.38. The highest BCUT2D eigenvalue weighted by atomic mass is 16.5. The van der Waals surface area contributed by atoms with E-state index in [1.54, 1.807) is 0 Å². The molecule has 23 heavy (non-hydrogen) atoms. The van der Waals surface area contributed by atoms with Gasteiger partial charge >= 0.3 is 5.97 Å². The summed E-state index contributed by atoms with van der Waals surface area (Å²) in [5.41, 5.74) is -0.310. The van der Waals surface area contributed by atoms with Crippen LogP contribution in [0.3, 0.4) is 0 Å². The van der Waals surface area contributed by atoms with Gasteiger partial charge in [0.05, 0.1) is 13.0 Å². The van der Waals surface area contributed by atoms with Gasteiger partial charge in [0.2, 0.25) is 5.91 Å². The van der Waals surface area contributed by atoms with Gasteiger partial charge in [0, 0.05) is 25.7 Å². The number of ether oxygens (including phenoxy) is 1. The fraction of sp³-hybridized carbons (Fsp3) is 0.688. The largest absolute Gasteiger partial charge is 0.464 e. The third kappa shape index (κ3) is 5.47. The summed E-state index contributed by atoms with van der Waals surface area (Å²) in [5, 5.41) is 10.6. The maximum Gasteiger partial charge on any atom is 0.328 e. The van der Waals surface area contributed by atoms with E-state index in [9.17, 15) is 14.4 Å². The molecule has 1 saturated heterocycles. The number of nitrogens with one attached hydrogen (secondary N) is 1. The van der Waals surface area contributed by atoms with Crippen molar-refractivity contribution in [2.75, 3.05) is 6.61 Å². The standard InChI is InChI=1S/C16H21N3O4/c1-2-3-8-16(18-19-16)9-5-4-6-12(20)11-14(21)17-13-7-10-23-15(13)22/h1,13H,3-11H2,(H,17,21)/t13-/m0/s1. The lowest BCUT2D eigenvalue weighted by Gasteiger charge is -2.09. The number of Topliss-reactive ketones (excluding diaryl/α,β-unsaturated/α-hetero) is 1. The summed E-state index contributed by atoms with van der Waals surface area (Å²) in [5.74, 6) is 1.60. The second-order valence-electron chi connectivity index (χ2n) is 5.89. The number of hydrogen-bond donors (Lipinski definition) is 1. The fourth-order valence-corrected chi connectivity index (χ4v) is 2.54. The van der Waals surface area contributed by atoms with E-state index in [0.717, 1.165) is 19.3 Å². The van der Waals surface area contributed by atoms with Crippen molar-refractivity contribution in [2.45, 2.75) is 63.1 Å². The molecule has 0 aromatic rings. The second kappa shape index (κ2) is 7.86. The van der Waals surface area contributed by atoms with Gasteiger partial charge in [-0.2, -0.15) is 10.2 Å². The van der Waals surface area contributed by atoms with Crippen molar-refractivity contribution in [1.29, 1.82) is 0 Å². The predicted molar refractivity (Wildman–Crippen MR) is 81.3 cm³/mol. The molecule has 0 unspecified atom stereocenters. The van der Waals surface area contributed by atoms with Gasteiger partial charge in [0.1, 0.15) is 11.8 Å². The molecule has 124 valence electrons. The average molecular weight is 319 g/mol. The third-order valence-corrected chi connectivity index (χ3v) is 3.96. The molecule has 0 bridgehead atoms. The van der Waals surface area contributed by atoms with Crippen molar-refractivity contribution >= 4 is 17.7 Å². The van der Waals surface area contributed by atoms with Crippen molar-refractivity contribution in [3.8, 4) is 12.3 Å². The van der Waals surface area contributed by atoms with Gasteiger partial charge in [-0.05, 0) is 19.3 Å². The Morgan fingerprint density at radius 3 is 2.74 bits per heavy atom. The Bertz CT molecular complexity index is 544. The summed E-state index contributed by atoms with van der Waals surface area (Å²) < 4.78 is 4.75.